The molecule has 1 aliphatic rings. The standard InChI is InChI=1S/C11H12NO5P/c1-16-18(15,12-10(13)7-8-11(12)14)17-9-5-3-2-4-6-9/h2-6H,7-8H2,1H3/p+1. The second-order valence-corrected chi connectivity index (χ2v) is 5.66. The lowest BCUT2D eigenvalue weighted by atomic mass is 10.3. The zero-order chi connectivity index (χ0) is 13.2. The Balaban J connectivity index is 2.28. The van der Waals surface area contributed by atoms with Gasteiger partial charge in [-0.05, 0) is 12.1 Å². The van der Waals surface area contributed by atoms with Crippen molar-refractivity contribution in [1.82, 2.24) is 4.67 Å². The molecule has 2 amide bonds. The number of imide groups is 1. The summed E-state index contributed by atoms with van der Waals surface area (Å²) in [6, 6.07) is 8.34. The van der Waals surface area contributed by atoms with Gasteiger partial charge in [-0.25, -0.2) is 0 Å². The van der Waals surface area contributed by atoms with E-state index in [0.29, 0.717) is 10.4 Å². The molecule has 6 nitrogen and oxygen atoms in total. The molecule has 1 atom stereocenters. The molecule has 1 heterocycles. The van der Waals surface area contributed by atoms with Crippen molar-refractivity contribution in [3.63, 3.8) is 0 Å². The van der Waals surface area contributed by atoms with E-state index in [1.165, 1.54) is 7.11 Å². The van der Waals surface area contributed by atoms with E-state index in [2.05, 4.69) is 4.52 Å². The topological polar surface area (TPSA) is 76.5 Å². The molecule has 0 bridgehead atoms. The molecule has 1 aliphatic heterocycles. The van der Waals surface area contributed by atoms with Crippen LogP contribution in [0.5, 0.6) is 5.75 Å². The second kappa shape index (κ2) is 4.92. The molecule has 7 heteroatoms. The van der Waals surface area contributed by atoms with Crippen LogP contribution in [0.2, 0.25) is 0 Å². The average Bonchev–Trinajstić information content (AvgIpc) is 2.71. The van der Waals surface area contributed by atoms with Crippen LogP contribution in [0.3, 0.4) is 0 Å². The highest BCUT2D eigenvalue weighted by Crippen LogP contribution is 2.51. The Morgan fingerprint density at radius 3 is 2.22 bits per heavy atom. The van der Waals surface area contributed by atoms with E-state index in [9.17, 15) is 14.2 Å². The number of hydrogen-bond acceptors (Lipinski definition) is 4. The molecule has 1 saturated heterocycles. The smallest absolute Gasteiger partial charge is 0.371 e. The van der Waals surface area contributed by atoms with Crippen LogP contribution in [-0.4, -0.2) is 28.1 Å². The van der Waals surface area contributed by atoms with E-state index in [0.717, 1.165) is 0 Å². The van der Waals surface area contributed by atoms with Crippen LogP contribution in [0.25, 0.3) is 0 Å². The van der Waals surface area contributed by atoms with Crippen molar-refractivity contribution in [2.75, 3.05) is 7.11 Å². The van der Waals surface area contributed by atoms with Crippen molar-refractivity contribution in [2.24, 2.45) is 0 Å². The number of aliphatic hydroxyl groups is 1. The van der Waals surface area contributed by atoms with Gasteiger partial charge in [0.05, 0.1) is 0 Å². The Bertz CT molecular complexity index is 499. The minimum Gasteiger partial charge on any atom is -0.371 e. The third kappa shape index (κ3) is 2.30. The number of amides is 2. The summed E-state index contributed by atoms with van der Waals surface area (Å²) in [5.41, 5.74) is 0. The molecule has 96 valence electrons. The fourth-order valence-electron chi connectivity index (χ4n) is 1.64. The SMILES string of the molecule is C[OH+]P(=O)(Oc1ccccc1)N1C(=O)CCC1=O. The number of para-hydroxylation sites is 1. The highest BCUT2D eigenvalue weighted by Gasteiger charge is 2.52. The van der Waals surface area contributed by atoms with Gasteiger partial charge in [0.1, 0.15) is 12.9 Å². The van der Waals surface area contributed by atoms with Gasteiger partial charge in [0.2, 0.25) is 11.8 Å². The highest BCUT2D eigenvalue weighted by molar-refractivity contribution is 7.52. The first-order valence-electron chi connectivity index (χ1n) is 5.39. The van der Waals surface area contributed by atoms with Gasteiger partial charge in [0.25, 0.3) is 0 Å². The maximum absolute atomic E-state index is 12.5. The third-order valence-corrected chi connectivity index (χ3v) is 4.40. The van der Waals surface area contributed by atoms with E-state index >= 15 is 0 Å². The van der Waals surface area contributed by atoms with Gasteiger partial charge >= 0.3 is 7.75 Å². The number of hydrogen-bond donors (Lipinski definition) is 0. The van der Waals surface area contributed by atoms with Crippen LogP contribution < -0.4 is 4.52 Å². The minimum absolute atomic E-state index is 0.0521. The molecule has 0 saturated carbocycles. The molecule has 0 aromatic heterocycles. The van der Waals surface area contributed by atoms with Gasteiger partial charge in [0, 0.05) is 12.8 Å². The molecule has 1 fully saturated rings. The maximum atomic E-state index is 12.5. The maximum Gasteiger partial charge on any atom is 0.656 e. The van der Waals surface area contributed by atoms with Gasteiger partial charge in [-0.1, -0.05) is 18.2 Å². The lowest BCUT2D eigenvalue weighted by Gasteiger charge is -2.18. The van der Waals surface area contributed by atoms with E-state index < -0.39 is 19.6 Å². The summed E-state index contributed by atoms with van der Waals surface area (Å²) in [4.78, 5) is 23.1. The predicted octanol–water partition coefficient (Wildman–Crippen LogP) is 1.48. The Hall–Kier alpha value is -1.65. The monoisotopic (exact) mass is 270 g/mol. The molecule has 0 aliphatic carbocycles. The molecular formula is C11H13NO5P+. The summed E-state index contributed by atoms with van der Waals surface area (Å²) in [6.45, 7) is 0. The van der Waals surface area contributed by atoms with Crippen LogP contribution in [0, 0.1) is 0 Å². The van der Waals surface area contributed by atoms with Crippen molar-refractivity contribution in [1.29, 1.82) is 0 Å². The van der Waals surface area contributed by atoms with Gasteiger partial charge < -0.3 is 9.05 Å². The van der Waals surface area contributed by atoms with Crippen LogP contribution in [0.15, 0.2) is 30.3 Å². The summed E-state index contributed by atoms with van der Waals surface area (Å²) in [6.07, 6.45) is 0.104. The minimum atomic E-state index is -3.82. The lowest BCUT2D eigenvalue weighted by molar-refractivity contribution is -0.134. The van der Waals surface area contributed by atoms with Crippen molar-refractivity contribution in [3.05, 3.63) is 30.3 Å². The largest absolute Gasteiger partial charge is 0.656 e. The van der Waals surface area contributed by atoms with Crippen molar-refractivity contribution in [2.45, 2.75) is 12.8 Å². The first kappa shape index (κ1) is 12.8. The molecule has 1 aromatic carbocycles. The number of benzene rings is 1. The third-order valence-electron chi connectivity index (χ3n) is 2.50. The molecule has 1 aromatic rings. The zero-order valence-electron chi connectivity index (χ0n) is 9.78. The molecule has 0 radical (unpaired) electrons. The Morgan fingerprint density at radius 2 is 1.72 bits per heavy atom. The van der Waals surface area contributed by atoms with E-state index in [1.807, 2.05) is 0 Å². The molecule has 18 heavy (non-hydrogen) atoms. The van der Waals surface area contributed by atoms with Crippen molar-refractivity contribution in [3.8, 4) is 5.75 Å². The lowest BCUT2D eigenvalue weighted by Crippen LogP contribution is -2.29. The highest BCUT2D eigenvalue weighted by atomic mass is 31.2. The first-order valence-corrected chi connectivity index (χ1v) is 6.92. The Labute approximate surface area is 104 Å². The van der Waals surface area contributed by atoms with Crippen molar-refractivity contribution >= 4 is 19.6 Å². The van der Waals surface area contributed by atoms with Crippen LogP contribution in [0.4, 0.5) is 0 Å². The van der Waals surface area contributed by atoms with E-state index in [1.54, 1.807) is 30.3 Å². The van der Waals surface area contributed by atoms with Gasteiger partial charge in [-0.15, -0.1) is 4.67 Å². The molecular weight excluding hydrogens is 257 g/mol. The fourth-order valence-corrected chi connectivity index (χ4v) is 3.14. The summed E-state index contributed by atoms with van der Waals surface area (Å²) in [7, 11) is -2.56. The molecule has 1 unspecified atom stereocenters. The van der Waals surface area contributed by atoms with Crippen molar-refractivity contribution < 1.29 is 23.2 Å². The van der Waals surface area contributed by atoms with Crippen LogP contribution >= 0.6 is 7.75 Å². The summed E-state index contributed by atoms with van der Waals surface area (Å²) in [5.74, 6) is -0.714. The van der Waals surface area contributed by atoms with Gasteiger partial charge in [-0.2, -0.15) is 4.57 Å². The average molecular weight is 270 g/mol. The molecule has 2 rings (SSSR count). The quantitative estimate of drug-likeness (QED) is 0.471. The summed E-state index contributed by atoms with van der Waals surface area (Å²) in [5, 5.41) is 0. The van der Waals surface area contributed by atoms with E-state index in [4.69, 9.17) is 4.52 Å². The Morgan fingerprint density at radius 1 is 1.17 bits per heavy atom. The second-order valence-electron chi connectivity index (χ2n) is 3.69. The number of carbonyl (C=O) groups is 2. The molecule has 0 spiro atoms. The van der Waals surface area contributed by atoms with Crippen LogP contribution in [-0.2, 0) is 14.2 Å². The number of carbonyl (C=O) groups excluding carboxylic acids is 2. The van der Waals surface area contributed by atoms with Gasteiger partial charge in [0.15, 0.2) is 0 Å². The summed E-state index contributed by atoms with van der Waals surface area (Å²) < 4.78 is 22.0. The summed E-state index contributed by atoms with van der Waals surface area (Å²) >= 11 is 0. The Kier molecular flexibility index (Phi) is 3.50. The predicted molar refractivity (Wildman–Crippen MR) is 63.9 cm³/mol. The normalized spacial score (nSPS) is 18.8. The number of rotatable bonds is 4. The van der Waals surface area contributed by atoms with Crippen LogP contribution in [0.1, 0.15) is 12.8 Å². The molecule has 1 N–H and O–H groups in total. The van der Waals surface area contributed by atoms with Gasteiger partial charge in [-0.3, -0.25) is 9.59 Å². The zero-order valence-corrected chi connectivity index (χ0v) is 10.7. The number of nitrogens with zero attached hydrogens (tertiary/aromatic N) is 1. The fraction of sp³-hybridized carbons (Fsp3) is 0.273. The first-order chi connectivity index (χ1) is 8.57. The van der Waals surface area contributed by atoms with E-state index in [-0.39, 0.29) is 12.8 Å².